The highest BCUT2D eigenvalue weighted by Crippen LogP contribution is 2.42. The van der Waals surface area contributed by atoms with E-state index in [4.69, 9.17) is 10.7 Å². The highest BCUT2D eigenvalue weighted by Gasteiger charge is 2.39. The minimum absolute atomic E-state index is 0.164. The summed E-state index contributed by atoms with van der Waals surface area (Å²) in [4.78, 5) is 9.49. The number of unbranched alkanes of at least 4 members (excludes halogenated alkanes) is 2. The third-order valence-electron chi connectivity index (χ3n) is 7.26. The molecular formula is C26H49N5O2S2. The van der Waals surface area contributed by atoms with Crippen molar-refractivity contribution in [2.75, 3.05) is 6.54 Å². The molecule has 5 atom stereocenters. The van der Waals surface area contributed by atoms with E-state index in [0.717, 1.165) is 62.4 Å². The summed E-state index contributed by atoms with van der Waals surface area (Å²) in [6.07, 6.45) is 8.36. The SMILES string of the molecule is CC1=NC(=NC[C@]2(C)CCCC2N[C@H](C)CCCCC[C@](C)(SS/C=C(/C)N)C(O)O)NC(C)C1. The summed E-state index contributed by atoms with van der Waals surface area (Å²) in [6.45, 7) is 13.5. The molecule has 0 radical (unpaired) electrons. The fourth-order valence-corrected chi connectivity index (χ4v) is 7.47. The molecular weight excluding hydrogens is 478 g/mol. The van der Waals surface area contributed by atoms with Gasteiger partial charge in [0.25, 0.3) is 0 Å². The van der Waals surface area contributed by atoms with Crippen LogP contribution in [0.2, 0.25) is 0 Å². The topological polar surface area (TPSA) is 115 Å². The molecule has 7 nitrogen and oxygen atoms in total. The van der Waals surface area contributed by atoms with Crippen LogP contribution in [0.25, 0.3) is 0 Å². The van der Waals surface area contributed by atoms with E-state index in [1.165, 1.54) is 40.9 Å². The van der Waals surface area contributed by atoms with Crippen LogP contribution in [0.4, 0.5) is 0 Å². The summed E-state index contributed by atoms with van der Waals surface area (Å²) in [6, 6.07) is 1.34. The maximum atomic E-state index is 9.88. The second kappa shape index (κ2) is 14.3. The van der Waals surface area contributed by atoms with Crippen LogP contribution >= 0.6 is 21.6 Å². The molecule has 1 aliphatic carbocycles. The molecule has 0 amide bonds. The second-order valence-electron chi connectivity index (χ2n) is 11.2. The van der Waals surface area contributed by atoms with E-state index in [0.29, 0.717) is 18.1 Å². The monoisotopic (exact) mass is 527 g/mol. The van der Waals surface area contributed by atoms with Crippen LogP contribution in [0.3, 0.4) is 0 Å². The predicted molar refractivity (Wildman–Crippen MR) is 154 cm³/mol. The Morgan fingerprint density at radius 2 is 2.14 bits per heavy atom. The number of rotatable bonds is 14. The van der Waals surface area contributed by atoms with Crippen molar-refractivity contribution < 1.29 is 10.2 Å². The van der Waals surface area contributed by atoms with Gasteiger partial charge in [-0.1, -0.05) is 54.2 Å². The number of allylic oxidation sites excluding steroid dienone is 1. The zero-order chi connectivity index (χ0) is 26.1. The third kappa shape index (κ3) is 10.3. The van der Waals surface area contributed by atoms with Gasteiger partial charge in [0.05, 0.1) is 4.75 Å². The normalized spacial score (nSPS) is 29.2. The molecule has 0 bridgehead atoms. The lowest BCUT2D eigenvalue weighted by Gasteiger charge is -2.33. The molecule has 2 rings (SSSR count). The second-order valence-corrected chi connectivity index (χ2v) is 13.8. The summed E-state index contributed by atoms with van der Waals surface area (Å²) >= 11 is 0. The first-order chi connectivity index (χ1) is 16.4. The van der Waals surface area contributed by atoms with Crippen molar-refractivity contribution in [2.45, 2.75) is 128 Å². The van der Waals surface area contributed by atoms with Crippen molar-refractivity contribution in [2.24, 2.45) is 21.1 Å². The highest BCUT2D eigenvalue weighted by molar-refractivity contribution is 8.78. The Bertz CT molecular complexity index is 756. The predicted octanol–water partition coefficient (Wildman–Crippen LogP) is 4.94. The van der Waals surface area contributed by atoms with E-state index < -0.39 is 11.0 Å². The van der Waals surface area contributed by atoms with Crippen LogP contribution in [0, 0.1) is 5.41 Å². The van der Waals surface area contributed by atoms with Crippen LogP contribution < -0.4 is 16.4 Å². The maximum Gasteiger partial charge on any atom is 0.218 e. The Morgan fingerprint density at radius 1 is 1.40 bits per heavy atom. The van der Waals surface area contributed by atoms with Gasteiger partial charge in [0.1, 0.15) is 0 Å². The summed E-state index contributed by atoms with van der Waals surface area (Å²) in [7, 11) is 2.96. The van der Waals surface area contributed by atoms with Crippen molar-refractivity contribution in [1.82, 2.24) is 10.6 Å². The van der Waals surface area contributed by atoms with Crippen LogP contribution in [0.5, 0.6) is 0 Å². The van der Waals surface area contributed by atoms with Crippen molar-refractivity contribution in [3.05, 3.63) is 11.1 Å². The zero-order valence-corrected chi connectivity index (χ0v) is 24.3. The Kier molecular flexibility index (Phi) is 12.4. The number of nitrogens with one attached hydrogen (secondary N) is 2. The van der Waals surface area contributed by atoms with E-state index in [-0.39, 0.29) is 5.41 Å². The standard InChI is InChI=1S/C26H49N5O2S2/c1-18(27)16-34-35-26(6,23(32)33)14-9-7-8-11-19(2)29-22-12-10-13-25(22,5)17-28-24-30-20(3)15-21(4)31-24/h16,19-20,22-23,29,32-33H,7-15,17,27H2,1-6H3,(H,28,30)/b18-16-/t19-,20?,22?,25+,26+/m1/s1. The number of nitrogens with zero attached hydrogens (tertiary/aromatic N) is 2. The van der Waals surface area contributed by atoms with E-state index in [1.807, 2.05) is 19.3 Å². The Labute approximate surface area is 221 Å². The number of aliphatic hydroxyl groups is 2. The molecule has 2 aliphatic rings. The van der Waals surface area contributed by atoms with Crippen LogP contribution in [-0.2, 0) is 0 Å². The first kappa shape index (κ1) is 30.5. The Morgan fingerprint density at radius 3 is 2.80 bits per heavy atom. The van der Waals surface area contributed by atoms with Gasteiger partial charge in [-0.25, -0.2) is 4.99 Å². The van der Waals surface area contributed by atoms with Crippen molar-refractivity contribution in [1.29, 1.82) is 0 Å². The lowest BCUT2D eigenvalue weighted by Crippen LogP contribution is -2.46. The Balaban J connectivity index is 1.75. The van der Waals surface area contributed by atoms with E-state index in [2.05, 4.69) is 43.3 Å². The van der Waals surface area contributed by atoms with E-state index >= 15 is 0 Å². The highest BCUT2D eigenvalue weighted by atomic mass is 33.1. The molecule has 202 valence electrons. The molecule has 0 spiro atoms. The van der Waals surface area contributed by atoms with Crippen LogP contribution in [0.1, 0.15) is 99.3 Å². The molecule has 0 saturated heterocycles. The smallest absolute Gasteiger partial charge is 0.218 e. The van der Waals surface area contributed by atoms with Gasteiger partial charge >= 0.3 is 0 Å². The van der Waals surface area contributed by atoms with E-state index in [9.17, 15) is 10.2 Å². The van der Waals surface area contributed by atoms with Gasteiger partial charge in [0, 0.05) is 53.3 Å². The number of nitrogens with two attached hydrogens (primary N) is 1. The maximum absolute atomic E-state index is 9.88. The molecule has 35 heavy (non-hydrogen) atoms. The fraction of sp³-hybridized carbons (Fsp3) is 0.846. The van der Waals surface area contributed by atoms with Gasteiger partial charge in [-0.15, -0.1) is 0 Å². The molecule has 2 unspecified atom stereocenters. The summed E-state index contributed by atoms with van der Waals surface area (Å²) in [5.74, 6) is 0.798. The average Bonchev–Trinajstić information content (AvgIpc) is 3.11. The summed E-state index contributed by atoms with van der Waals surface area (Å²) in [5.41, 5.74) is 7.73. The molecule has 0 aromatic heterocycles. The largest absolute Gasteiger partial charge is 0.402 e. The van der Waals surface area contributed by atoms with Gasteiger partial charge in [-0.2, -0.15) is 0 Å². The van der Waals surface area contributed by atoms with Crippen LogP contribution in [0.15, 0.2) is 21.1 Å². The van der Waals surface area contributed by atoms with E-state index in [1.54, 1.807) is 0 Å². The molecule has 0 aromatic carbocycles. The minimum atomic E-state index is -1.35. The number of aliphatic imine (C=N–C) groups is 2. The number of hydrogen-bond acceptors (Lipinski definition) is 7. The lowest BCUT2D eigenvalue weighted by atomic mass is 9.84. The molecule has 1 aliphatic heterocycles. The number of hydrogen-bond donors (Lipinski definition) is 5. The molecule has 1 fully saturated rings. The Hall–Kier alpha value is -0.740. The molecule has 1 heterocycles. The average molecular weight is 528 g/mol. The molecule has 6 N–H and O–H groups in total. The minimum Gasteiger partial charge on any atom is -0.402 e. The first-order valence-corrected chi connectivity index (χ1v) is 15.4. The van der Waals surface area contributed by atoms with Gasteiger partial charge < -0.3 is 26.6 Å². The molecule has 0 aromatic rings. The van der Waals surface area contributed by atoms with Gasteiger partial charge in [-0.05, 0) is 60.3 Å². The van der Waals surface area contributed by atoms with Crippen LogP contribution in [-0.4, -0.2) is 57.6 Å². The van der Waals surface area contributed by atoms with Crippen molar-refractivity contribution >= 4 is 33.3 Å². The van der Waals surface area contributed by atoms with Gasteiger partial charge in [-0.3, -0.25) is 4.99 Å². The van der Waals surface area contributed by atoms with Gasteiger partial charge in [0.2, 0.25) is 5.96 Å². The lowest BCUT2D eigenvalue weighted by molar-refractivity contribution is -0.0668. The fourth-order valence-electron chi connectivity index (χ4n) is 4.97. The third-order valence-corrected chi connectivity index (χ3v) is 10.3. The zero-order valence-electron chi connectivity index (χ0n) is 22.6. The first-order valence-electron chi connectivity index (χ1n) is 13.2. The van der Waals surface area contributed by atoms with Crippen molar-refractivity contribution in [3.8, 4) is 0 Å². The number of aliphatic hydroxyl groups excluding tert-OH is 1. The quantitative estimate of drug-likeness (QED) is 0.123. The summed E-state index contributed by atoms with van der Waals surface area (Å²) in [5, 5.41) is 28.9. The molecule has 9 heteroatoms. The molecule has 1 saturated carbocycles. The van der Waals surface area contributed by atoms with Gasteiger partial charge in [0.15, 0.2) is 6.29 Å². The van der Waals surface area contributed by atoms with Crippen molar-refractivity contribution in [3.63, 3.8) is 0 Å². The number of guanidine groups is 1. The summed E-state index contributed by atoms with van der Waals surface area (Å²) < 4.78 is -0.596.